The lowest BCUT2D eigenvalue weighted by molar-refractivity contribution is 0.0844. The van der Waals surface area contributed by atoms with Crippen LogP contribution in [0.25, 0.3) is 11.2 Å². The highest BCUT2D eigenvalue weighted by Crippen LogP contribution is 2.18. The number of nitrogens with two attached hydrogens (primary N) is 1. The van der Waals surface area contributed by atoms with Crippen molar-refractivity contribution in [1.82, 2.24) is 15.0 Å². The first-order valence-corrected chi connectivity index (χ1v) is 6.38. The van der Waals surface area contributed by atoms with Gasteiger partial charge in [0, 0.05) is 18.9 Å². The number of pyridine rings is 1. The average Bonchev–Trinajstić information content (AvgIpc) is 2.47. The van der Waals surface area contributed by atoms with E-state index >= 15 is 0 Å². The number of hydrogen-bond donors (Lipinski definition) is 1. The number of thiocarbonyl (C=S) groups is 1. The van der Waals surface area contributed by atoms with Gasteiger partial charge in [-0.3, -0.25) is 4.98 Å². The number of morpholine rings is 1. The Labute approximate surface area is 115 Å². The molecule has 0 spiro atoms. The maximum absolute atomic E-state index is 5.64. The van der Waals surface area contributed by atoms with Crippen LogP contribution >= 0.6 is 12.2 Å². The molecule has 0 saturated carbocycles. The van der Waals surface area contributed by atoms with Crippen molar-refractivity contribution < 1.29 is 4.74 Å². The van der Waals surface area contributed by atoms with Crippen LogP contribution in [0.15, 0.2) is 24.5 Å². The summed E-state index contributed by atoms with van der Waals surface area (Å²) in [5, 5.41) is 0. The third kappa shape index (κ3) is 2.47. The molecule has 2 aromatic heterocycles. The van der Waals surface area contributed by atoms with Crippen molar-refractivity contribution >= 4 is 34.2 Å². The summed E-state index contributed by atoms with van der Waals surface area (Å²) in [6.07, 6.45) is 3.07. The smallest absolute Gasteiger partial charge is 0.180 e. The van der Waals surface area contributed by atoms with E-state index in [0.717, 1.165) is 17.9 Å². The fourth-order valence-corrected chi connectivity index (χ4v) is 2.19. The van der Waals surface area contributed by atoms with Crippen LogP contribution in [0.1, 0.15) is 0 Å². The molecular formula is C12H13N5OS. The van der Waals surface area contributed by atoms with Gasteiger partial charge in [0.05, 0.1) is 13.2 Å². The van der Waals surface area contributed by atoms with Gasteiger partial charge in [0.25, 0.3) is 0 Å². The minimum absolute atomic E-state index is 0.219. The zero-order valence-electron chi connectivity index (χ0n) is 10.2. The Hall–Kier alpha value is -1.86. The summed E-state index contributed by atoms with van der Waals surface area (Å²) in [6.45, 7) is 1.97. The lowest BCUT2D eigenvalue weighted by Gasteiger charge is -2.33. The second-order valence-electron chi connectivity index (χ2n) is 4.28. The second-order valence-corrected chi connectivity index (χ2v) is 4.75. The van der Waals surface area contributed by atoms with Crippen molar-refractivity contribution in [1.29, 1.82) is 0 Å². The summed E-state index contributed by atoms with van der Waals surface area (Å²) in [5.41, 5.74) is 7.06. The third-order valence-corrected chi connectivity index (χ3v) is 3.29. The monoisotopic (exact) mass is 275 g/mol. The predicted octanol–water partition coefficient (Wildman–Crippen LogP) is 0.516. The van der Waals surface area contributed by atoms with Crippen LogP contribution in [0.2, 0.25) is 0 Å². The van der Waals surface area contributed by atoms with Gasteiger partial charge in [0.2, 0.25) is 0 Å². The van der Waals surface area contributed by atoms with Crippen molar-refractivity contribution in [2.75, 3.05) is 24.6 Å². The summed E-state index contributed by atoms with van der Waals surface area (Å²) >= 11 is 4.98. The van der Waals surface area contributed by atoms with Gasteiger partial charge in [-0.15, -0.1) is 0 Å². The van der Waals surface area contributed by atoms with E-state index in [4.69, 9.17) is 22.7 Å². The van der Waals surface area contributed by atoms with Crippen LogP contribution in [0.4, 0.5) is 5.82 Å². The molecule has 1 fully saturated rings. The number of hydrogen-bond acceptors (Lipinski definition) is 6. The van der Waals surface area contributed by atoms with E-state index in [2.05, 4.69) is 19.9 Å². The Balaban J connectivity index is 1.89. The zero-order chi connectivity index (χ0) is 13.2. The van der Waals surface area contributed by atoms with Gasteiger partial charge in [-0.1, -0.05) is 12.2 Å². The second kappa shape index (κ2) is 5.02. The molecule has 19 heavy (non-hydrogen) atoms. The normalized spacial score (nSPS) is 19.6. The quantitative estimate of drug-likeness (QED) is 0.800. The van der Waals surface area contributed by atoms with E-state index in [-0.39, 0.29) is 6.10 Å². The van der Waals surface area contributed by atoms with Gasteiger partial charge in [-0.05, 0) is 12.1 Å². The molecule has 1 aliphatic heterocycles. The van der Waals surface area contributed by atoms with Gasteiger partial charge in [-0.2, -0.15) is 0 Å². The molecule has 0 aromatic carbocycles. The minimum atomic E-state index is -0.219. The highest BCUT2D eigenvalue weighted by atomic mass is 32.1. The lowest BCUT2D eigenvalue weighted by Crippen LogP contribution is -2.48. The largest absolute Gasteiger partial charge is 0.391 e. The van der Waals surface area contributed by atoms with Crippen LogP contribution < -0.4 is 10.6 Å². The molecule has 6 nitrogen and oxygen atoms in total. The molecule has 2 N–H and O–H groups in total. The molecule has 7 heteroatoms. The molecule has 1 saturated heterocycles. The third-order valence-electron chi connectivity index (χ3n) is 3.02. The summed E-state index contributed by atoms with van der Waals surface area (Å²) in [7, 11) is 0. The van der Waals surface area contributed by atoms with Crippen molar-refractivity contribution in [3.05, 3.63) is 24.5 Å². The minimum Gasteiger partial charge on any atom is -0.391 e. The summed E-state index contributed by atoms with van der Waals surface area (Å²) in [4.78, 5) is 15.4. The maximum Gasteiger partial charge on any atom is 0.180 e. The number of nitrogens with zero attached hydrogens (tertiary/aromatic N) is 4. The number of ether oxygens (including phenoxy) is 1. The van der Waals surface area contributed by atoms with Crippen LogP contribution in [-0.4, -0.2) is 45.7 Å². The van der Waals surface area contributed by atoms with Gasteiger partial charge in [-0.25, -0.2) is 9.97 Å². The van der Waals surface area contributed by atoms with Crippen LogP contribution in [0.5, 0.6) is 0 Å². The fraction of sp³-hybridized carbons (Fsp3) is 0.333. The topological polar surface area (TPSA) is 77.2 Å². The molecule has 0 bridgehead atoms. The SMILES string of the molecule is NC(=S)C1CN(c2ccc3nccnc3n2)CCO1. The molecule has 98 valence electrons. The van der Waals surface area contributed by atoms with Crippen molar-refractivity contribution in [2.45, 2.75) is 6.10 Å². The summed E-state index contributed by atoms with van der Waals surface area (Å²) in [5.74, 6) is 0.845. The zero-order valence-corrected chi connectivity index (χ0v) is 11.0. The lowest BCUT2D eigenvalue weighted by atomic mass is 10.2. The number of aromatic nitrogens is 3. The van der Waals surface area contributed by atoms with Gasteiger partial charge in [0.15, 0.2) is 5.65 Å². The molecule has 0 amide bonds. The first-order valence-electron chi connectivity index (χ1n) is 5.98. The summed E-state index contributed by atoms with van der Waals surface area (Å²) in [6, 6.07) is 3.84. The van der Waals surface area contributed by atoms with E-state index in [1.54, 1.807) is 12.4 Å². The van der Waals surface area contributed by atoms with Crippen molar-refractivity contribution in [2.24, 2.45) is 5.73 Å². The van der Waals surface area contributed by atoms with E-state index in [1.165, 1.54) is 0 Å². The number of rotatable bonds is 2. The maximum atomic E-state index is 5.64. The Morgan fingerprint density at radius 2 is 2.21 bits per heavy atom. The molecular weight excluding hydrogens is 262 g/mol. The van der Waals surface area contributed by atoms with E-state index in [0.29, 0.717) is 23.8 Å². The molecule has 0 aliphatic carbocycles. The Kier molecular flexibility index (Phi) is 3.22. The van der Waals surface area contributed by atoms with Gasteiger partial charge in [0.1, 0.15) is 22.4 Å². The summed E-state index contributed by atoms with van der Waals surface area (Å²) < 4.78 is 5.51. The molecule has 0 radical (unpaired) electrons. The van der Waals surface area contributed by atoms with Crippen LogP contribution in [-0.2, 0) is 4.74 Å². The number of fused-ring (bicyclic) bond motifs is 1. The van der Waals surface area contributed by atoms with Crippen LogP contribution in [0.3, 0.4) is 0 Å². The molecule has 1 aliphatic rings. The number of anilines is 1. The van der Waals surface area contributed by atoms with Gasteiger partial charge < -0.3 is 15.4 Å². The van der Waals surface area contributed by atoms with Crippen molar-refractivity contribution in [3.8, 4) is 0 Å². The van der Waals surface area contributed by atoms with E-state index < -0.39 is 0 Å². The molecule has 1 atom stereocenters. The highest BCUT2D eigenvalue weighted by Gasteiger charge is 2.23. The van der Waals surface area contributed by atoms with Crippen LogP contribution in [0, 0.1) is 0 Å². The molecule has 3 rings (SSSR count). The molecule has 2 aromatic rings. The average molecular weight is 275 g/mol. The Morgan fingerprint density at radius 1 is 1.37 bits per heavy atom. The fourth-order valence-electron chi connectivity index (χ4n) is 2.05. The van der Waals surface area contributed by atoms with Crippen molar-refractivity contribution in [3.63, 3.8) is 0 Å². The predicted molar refractivity (Wildman–Crippen MR) is 76.1 cm³/mol. The standard InChI is InChI=1S/C12H13N5OS/c13-11(19)9-7-17(5-6-18-9)10-2-1-8-12(16-10)15-4-3-14-8/h1-4,9H,5-7H2,(H2,13,19). The first-order chi connectivity index (χ1) is 9.24. The van der Waals surface area contributed by atoms with E-state index in [1.807, 2.05) is 12.1 Å². The van der Waals surface area contributed by atoms with Gasteiger partial charge >= 0.3 is 0 Å². The Morgan fingerprint density at radius 3 is 3.05 bits per heavy atom. The Bertz CT molecular complexity index is 620. The first kappa shape index (κ1) is 12.2. The van der Waals surface area contributed by atoms with E-state index in [9.17, 15) is 0 Å². The molecule has 3 heterocycles. The molecule has 1 unspecified atom stereocenters. The highest BCUT2D eigenvalue weighted by molar-refractivity contribution is 7.80.